The Morgan fingerprint density at radius 3 is 2.57 bits per heavy atom. The molecule has 1 aromatic rings. The van der Waals surface area contributed by atoms with Crippen molar-refractivity contribution in [3.05, 3.63) is 33.8 Å². The van der Waals surface area contributed by atoms with Crippen molar-refractivity contribution in [2.75, 3.05) is 19.6 Å². The highest BCUT2D eigenvalue weighted by Crippen LogP contribution is 2.24. The van der Waals surface area contributed by atoms with Crippen LogP contribution in [-0.2, 0) is 4.79 Å². The molecule has 0 bridgehead atoms. The van der Waals surface area contributed by atoms with Crippen molar-refractivity contribution in [3.8, 4) is 6.07 Å². The van der Waals surface area contributed by atoms with Crippen molar-refractivity contribution < 1.29 is 9.59 Å². The maximum atomic E-state index is 12.4. The van der Waals surface area contributed by atoms with Crippen LogP contribution in [0, 0.1) is 17.2 Å². The van der Waals surface area contributed by atoms with E-state index in [0.29, 0.717) is 41.2 Å². The third kappa shape index (κ3) is 4.85. The molecule has 2 amide bonds. The first-order valence-electron chi connectivity index (χ1n) is 7.39. The van der Waals surface area contributed by atoms with Gasteiger partial charge in [0.05, 0.1) is 16.1 Å². The summed E-state index contributed by atoms with van der Waals surface area (Å²) in [5.74, 6) is 0.0212. The molecule has 0 unspecified atom stereocenters. The molecule has 122 valence electrons. The van der Waals surface area contributed by atoms with Gasteiger partial charge >= 0.3 is 0 Å². The maximum absolute atomic E-state index is 12.4. The molecule has 0 aromatic heterocycles. The molecular weight excluding hydrogens is 337 g/mol. The van der Waals surface area contributed by atoms with Gasteiger partial charge in [0.25, 0.3) is 5.91 Å². The molecule has 1 aromatic carbocycles. The number of rotatable bonds is 4. The highest BCUT2D eigenvalue weighted by atomic mass is 35.5. The third-order valence-corrected chi connectivity index (χ3v) is 4.63. The molecule has 0 saturated carbocycles. The molecule has 1 fully saturated rings. The van der Waals surface area contributed by atoms with Gasteiger partial charge in [-0.3, -0.25) is 9.59 Å². The summed E-state index contributed by atoms with van der Waals surface area (Å²) >= 11 is 11.8. The van der Waals surface area contributed by atoms with Crippen LogP contribution >= 0.6 is 23.2 Å². The molecule has 0 aliphatic carbocycles. The second-order valence-corrected chi connectivity index (χ2v) is 6.32. The predicted molar refractivity (Wildman–Crippen MR) is 88.3 cm³/mol. The van der Waals surface area contributed by atoms with E-state index in [0.717, 1.165) is 12.8 Å². The van der Waals surface area contributed by atoms with Crippen LogP contribution in [0.4, 0.5) is 0 Å². The highest BCUT2D eigenvalue weighted by molar-refractivity contribution is 6.42. The zero-order chi connectivity index (χ0) is 16.8. The Balaban J connectivity index is 1.84. The number of carbonyl (C=O) groups excluding carboxylic acids is 2. The standard InChI is InChI=1S/C16H17Cl2N3O2/c17-13-2-1-12(9-14(13)18)16(23)21-7-4-11(5-8-21)10-20-15(22)3-6-19/h1-2,9,11H,3-5,7-8,10H2,(H,20,22). The molecule has 1 aliphatic rings. The zero-order valence-electron chi connectivity index (χ0n) is 12.5. The van der Waals surface area contributed by atoms with Gasteiger partial charge in [-0.15, -0.1) is 0 Å². The van der Waals surface area contributed by atoms with E-state index in [1.54, 1.807) is 23.1 Å². The van der Waals surface area contributed by atoms with E-state index in [1.807, 2.05) is 6.07 Å². The summed E-state index contributed by atoms with van der Waals surface area (Å²) in [6, 6.07) is 6.69. The van der Waals surface area contributed by atoms with Crippen molar-refractivity contribution in [2.24, 2.45) is 5.92 Å². The molecule has 0 atom stereocenters. The molecule has 0 radical (unpaired) electrons. The number of piperidine rings is 1. The van der Waals surface area contributed by atoms with Crippen molar-refractivity contribution in [3.63, 3.8) is 0 Å². The molecule has 5 nitrogen and oxygen atoms in total. The smallest absolute Gasteiger partial charge is 0.253 e. The summed E-state index contributed by atoms with van der Waals surface area (Å²) in [6.45, 7) is 1.82. The molecular formula is C16H17Cl2N3O2. The van der Waals surface area contributed by atoms with Gasteiger partial charge in [-0.05, 0) is 37.0 Å². The van der Waals surface area contributed by atoms with E-state index in [1.165, 1.54) is 0 Å². The molecule has 1 heterocycles. The fourth-order valence-electron chi connectivity index (χ4n) is 2.54. The van der Waals surface area contributed by atoms with Gasteiger partial charge in [0.2, 0.25) is 5.91 Å². The number of hydrogen-bond acceptors (Lipinski definition) is 3. The van der Waals surface area contributed by atoms with E-state index in [2.05, 4.69) is 5.32 Å². The summed E-state index contributed by atoms with van der Waals surface area (Å²) in [5.41, 5.74) is 0.528. The van der Waals surface area contributed by atoms with Gasteiger partial charge in [0, 0.05) is 25.2 Å². The average Bonchev–Trinajstić information content (AvgIpc) is 2.55. The van der Waals surface area contributed by atoms with Crippen LogP contribution in [0.15, 0.2) is 18.2 Å². The van der Waals surface area contributed by atoms with E-state index in [4.69, 9.17) is 28.5 Å². The number of likely N-dealkylation sites (tertiary alicyclic amines) is 1. The van der Waals surface area contributed by atoms with Crippen molar-refractivity contribution in [2.45, 2.75) is 19.3 Å². The van der Waals surface area contributed by atoms with Crippen LogP contribution in [0.25, 0.3) is 0 Å². The maximum Gasteiger partial charge on any atom is 0.253 e. The minimum atomic E-state index is -0.248. The molecule has 23 heavy (non-hydrogen) atoms. The Labute approximate surface area is 145 Å². The fraction of sp³-hybridized carbons (Fsp3) is 0.438. The lowest BCUT2D eigenvalue weighted by molar-refractivity contribution is -0.120. The molecule has 0 spiro atoms. The fourth-order valence-corrected chi connectivity index (χ4v) is 2.84. The molecule has 1 saturated heterocycles. The minimum absolute atomic E-state index is 0.0597. The normalized spacial score (nSPS) is 15.1. The van der Waals surface area contributed by atoms with Crippen molar-refractivity contribution in [1.82, 2.24) is 10.2 Å². The summed E-state index contributed by atoms with van der Waals surface area (Å²) < 4.78 is 0. The van der Waals surface area contributed by atoms with Crippen LogP contribution in [-0.4, -0.2) is 36.3 Å². The van der Waals surface area contributed by atoms with E-state index in [-0.39, 0.29) is 18.2 Å². The molecule has 2 rings (SSSR count). The molecule has 1 aliphatic heterocycles. The Morgan fingerprint density at radius 2 is 1.96 bits per heavy atom. The SMILES string of the molecule is N#CCC(=O)NCC1CCN(C(=O)c2ccc(Cl)c(Cl)c2)CC1. The summed E-state index contributed by atoms with van der Waals surface area (Å²) in [6.07, 6.45) is 1.52. The lowest BCUT2D eigenvalue weighted by Gasteiger charge is -2.32. The van der Waals surface area contributed by atoms with Gasteiger partial charge in [-0.25, -0.2) is 0 Å². The largest absolute Gasteiger partial charge is 0.355 e. The summed E-state index contributed by atoms with van der Waals surface area (Å²) in [7, 11) is 0. The third-order valence-electron chi connectivity index (χ3n) is 3.90. The molecule has 1 N–H and O–H groups in total. The van der Waals surface area contributed by atoms with Crippen molar-refractivity contribution in [1.29, 1.82) is 5.26 Å². The Hall–Kier alpha value is -1.77. The van der Waals surface area contributed by atoms with E-state index >= 15 is 0 Å². The first-order chi connectivity index (χ1) is 11.0. The number of nitriles is 1. The topological polar surface area (TPSA) is 73.2 Å². The minimum Gasteiger partial charge on any atom is -0.355 e. The lowest BCUT2D eigenvalue weighted by atomic mass is 9.96. The number of amides is 2. The monoisotopic (exact) mass is 353 g/mol. The molecule has 7 heteroatoms. The average molecular weight is 354 g/mol. The first-order valence-corrected chi connectivity index (χ1v) is 8.15. The van der Waals surface area contributed by atoms with Crippen LogP contribution < -0.4 is 5.32 Å². The zero-order valence-corrected chi connectivity index (χ0v) is 14.0. The van der Waals surface area contributed by atoms with Crippen LogP contribution in [0.1, 0.15) is 29.6 Å². The van der Waals surface area contributed by atoms with Crippen molar-refractivity contribution >= 4 is 35.0 Å². The second kappa shape index (κ2) is 8.19. The van der Waals surface area contributed by atoms with Crippen LogP contribution in [0.2, 0.25) is 10.0 Å². The first kappa shape index (κ1) is 17.6. The Bertz CT molecular complexity index is 635. The van der Waals surface area contributed by atoms with E-state index < -0.39 is 0 Å². The Morgan fingerprint density at radius 1 is 1.26 bits per heavy atom. The second-order valence-electron chi connectivity index (χ2n) is 5.50. The number of halogens is 2. The van der Waals surface area contributed by atoms with Crippen LogP contribution in [0.3, 0.4) is 0 Å². The quantitative estimate of drug-likeness (QED) is 0.904. The summed E-state index contributed by atoms with van der Waals surface area (Å²) in [5, 5.41) is 12.0. The van der Waals surface area contributed by atoms with E-state index in [9.17, 15) is 9.59 Å². The number of hydrogen-bond donors (Lipinski definition) is 1. The van der Waals surface area contributed by atoms with Gasteiger partial charge in [-0.2, -0.15) is 5.26 Å². The van der Waals surface area contributed by atoms with Gasteiger partial charge in [0.1, 0.15) is 6.42 Å². The number of nitrogens with one attached hydrogen (secondary N) is 1. The van der Waals surface area contributed by atoms with Gasteiger partial charge in [0.15, 0.2) is 0 Å². The lowest BCUT2D eigenvalue weighted by Crippen LogP contribution is -2.41. The number of benzene rings is 1. The number of carbonyl (C=O) groups is 2. The van der Waals surface area contributed by atoms with Gasteiger partial charge < -0.3 is 10.2 Å². The Kier molecular flexibility index (Phi) is 6.26. The van der Waals surface area contributed by atoms with Gasteiger partial charge in [-0.1, -0.05) is 23.2 Å². The predicted octanol–water partition coefficient (Wildman–Crippen LogP) is 2.88. The summed E-state index contributed by atoms with van der Waals surface area (Å²) in [4.78, 5) is 25.5. The van der Waals surface area contributed by atoms with Crippen LogP contribution in [0.5, 0.6) is 0 Å². The number of nitrogens with zero attached hydrogens (tertiary/aromatic N) is 2. The highest BCUT2D eigenvalue weighted by Gasteiger charge is 2.24.